The van der Waals surface area contributed by atoms with Crippen molar-refractivity contribution in [2.75, 3.05) is 0 Å². The molecule has 0 radical (unpaired) electrons. The van der Waals surface area contributed by atoms with Crippen molar-refractivity contribution < 1.29 is 4.21 Å². The van der Waals surface area contributed by atoms with E-state index in [4.69, 9.17) is 0 Å². The van der Waals surface area contributed by atoms with Crippen LogP contribution in [0.3, 0.4) is 0 Å². The van der Waals surface area contributed by atoms with E-state index in [0.717, 1.165) is 15.8 Å². The number of allylic oxidation sites excluding steroid dienone is 1. The molecule has 1 aliphatic rings. The summed E-state index contributed by atoms with van der Waals surface area (Å²) in [5.41, 5.74) is 1.09. The molecule has 0 aromatic heterocycles. The first kappa shape index (κ1) is 11.5. The highest BCUT2D eigenvalue weighted by Crippen LogP contribution is 2.30. The van der Waals surface area contributed by atoms with Crippen molar-refractivity contribution in [3.05, 3.63) is 48.0 Å². The van der Waals surface area contributed by atoms with Gasteiger partial charge in [0.15, 0.2) is 0 Å². The summed E-state index contributed by atoms with van der Waals surface area (Å²) in [6.07, 6.45) is 3.98. The van der Waals surface area contributed by atoms with Gasteiger partial charge in [-0.2, -0.15) is 0 Å². The van der Waals surface area contributed by atoms with Crippen molar-refractivity contribution in [3.63, 3.8) is 0 Å². The molecule has 1 nitrogen and oxygen atoms in total. The van der Waals surface area contributed by atoms with Crippen LogP contribution in [0.1, 0.15) is 19.4 Å². The highest BCUT2D eigenvalue weighted by Gasteiger charge is 2.20. The molecule has 2 heteroatoms. The number of hydrogen-bond donors (Lipinski definition) is 0. The van der Waals surface area contributed by atoms with Crippen LogP contribution >= 0.6 is 0 Å². The van der Waals surface area contributed by atoms with Crippen LogP contribution in [0.2, 0.25) is 0 Å². The molecule has 1 heterocycles. The normalized spacial score (nSPS) is 21.9. The van der Waals surface area contributed by atoms with E-state index in [9.17, 15) is 4.21 Å². The Morgan fingerprint density at radius 2 is 1.72 bits per heavy atom. The summed E-state index contributed by atoms with van der Waals surface area (Å²) in [7, 11) is -2.07. The van der Waals surface area contributed by atoms with Gasteiger partial charge in [-0.05, 0) is 33.8 Å². The van der Waals surface area contributed by atoms with Gasteiger partial charge in [0.25, 0.3) is 0 Å². The third kappa shape index (κ3) is 1.60. The average Bonchev–Trinajstić information content (AvgIpc) is 2.37. The van der Waals surface area contributed by atoms with E-state index in [2.05, 4.69) is 24.3 Å². The predicted molar refractivity (Wildman–Crippen MR) is 80.6 cm³/mol. The summed E-state index contributed by atoms with van der Waals surface area (Å²) in [5.74, 6) is 0. The van der Waals surface area contributed by atoms with Crippen molar-refractivity contribution in [2.45, 2.75) is 24.0 Å². The van der Waals surface area contributed by atoms with Crippen molar-refractivity contribution in [2.24, 2.45) is 0 Å². The Labute approximate surface area is 108 Å². The fraction of sp³-hybridized carbons (Fsp3) is 0.188. The maximum atomic E-state index is 13.1. The van der Waals surface area contributed by atoms with Gasteiger partial charge in [0, 0.05) is 19.7 Å². The van der Waals surface area contributed by atoms with Gasteiger partial charge in [-0.25, -0.2) is 0 Å². The van der Waals surface area contributed by atoms with Crippen LogP contribution in [0, 0.1) is 0 Å². The molecule has 2 aromatic rings. The van der Waals surface area contributed by atoms with E-state index in [1.807, 2.05) is 43.5 Å². The fourth-order valence-corrected chi connectivity index (χ4v) is 4.47. The lowest BCUT2D eigenvalue weighted by Gasteiger charge is -2.20. The summed E-state index contributed by atoms with van der Waals surface area (Å²) >= 11 is 0. The Morgan fingerprint density at radius 1 is 1.06 bits per heavy atom. The zero-order valence-electron chi connectivity index (χ0n) is 10.6. The summed E-state index contributed by atoms with van der Waals surface area (Å²) in [6.45, 7) is 4.05. The maximum absolute atomic E-state index is 13.1. The Kier molecular flexibility index (Phi) is 2.56. The van der Waals surface area contributed by atoms with Crippen molar-refractivity contribution >= 4 is 31.7 Å². The smallest absolute Gasteiger partial charge is 0.0392 e. The van der Waals surface area contributed by atoms with Crippen LogP contribution < -0.4 is 0 Å². The quantitative estimate of drug-likeness (QED) is 0.711. The van der Waals surface area contributed by atoms with Gasteiger partial charge in [-0.3, -0.25) is 4.21 Å². The highest BCUT2D eigenvalue weighted by molar-refractivity contribution is 8.02. The van der Waals surface area contributed by atoms with Gasteiger partial charge in [-0.15, -0.1) is 0 Å². The first-order valence-electron chi connectivity index (χ1n) is 6.18. The minimum absolute atomic E-state index is 0.127. The van der Waals surface area contributed by atoms with Crippen LogP contribution in [-0.2, 0) is 9.52 Å². The molecular formula is C16H16OS. The molecule has 1 atom stereocenters. The molecule has 0 amide bonds. The van der Waals surface area contributed by atoms with E-state index >= 15 is 0 Å². The van der Waals surface area contributed by atoms with E-state index in [0.29, 0.717) is 0 Å². The number of fused-ring (bicyclic) bond motifs is 2. The molecule has 0 saturated carbocycles. The second kappa shape index (κ2) is 3.99. The van der Waals surface area contributed by atoms with Crippen LogP contribution in [-0.4, -0.2) is 14.8 Å². The molecular weight excluding hydrogens is 240 g/mol. The Hall–Kier alpha value is -1.54. The standard InChI is InChI=1S/C16H16OS/c1-12(2)18(17)9-5-8-15-10-13-6-3-4-7-14(13)11-16(15)18/h3-12H,1-2H3. The molecule has 0 fully saturated rings. The molecule has 0 bridgehead atoms. The van der Waals surface area contributed by atoms with Crippen molar-refractivity contribution in [3.8, 4) is 0 Å². The van der Waals surface area contributed by atoms with Crippen molar-refractivity contribution in [1.29, 1.82) is 0 Å². The third-order valence-corrected chi connectivity index (χ3v) is 6.48. The van der Waals surface area contributed by atoms with Gasteiger partial charge in [-0.1, -0.05) is 50.3 Å². The second-order valence-corrected chi connectivity index (χ2v) is 7.88. The Bertz CT molecular complexity index is 760. The lowest BCUT2D eigenvalue weighted by atomic mass is 10.1. The zero-order chi connectivity index (χ0) is 12.8. The highest BCUT2D eigenvalue weighted by atomic mass is 32.2. The molecule has 1 aliphatic heterocycles. The molecule has 0 aliphatic carbocycles. The van der Waals surface area contributed by atoms with Crippen LogP contribution in [0.4, 0.5) is 0 Å². The van der Waals surface area contributed by atoms with Crippen LogP contribution in [0.25, 0.3) is 16.8 Å². The molecule has 92 valence electrons. The topological polar surface area (TPSA) is 17.1 Å². The van der Waals surface area contributed by atoms with Gasteiger partial charge >= 0.3 is 0 Å². The van der Waals surface area contributed by atoms with Crippen LogP contribution in [0.15, 0.2) is 47.4 Å². The second-order valence-electron chi connectivity index (χ2n) is 4.93. The molecule has 0 saturated heterocycles. The van der Waals surface area contributed by atoms with Gasteiger partial charge in [0.2, 0.25) is 0 Å². The zero-order valence-corrected chi connectivity index (χ0v) is 11.4. The minimum atomic E-state index is -2.07. The summed E-state index contributed by atoms with van der Waals surface area (Å²) in [4.78, 5) is 0.985. The molecule has 18 heavy (non-hydrogen) atoms. The largest absolute Gasteiger partial charge is 0.262 e. The van der Waals surface area contributed by atoms with Gasteiger partial charge in [0.05, 0.1) is 0 Å². The minimum Gasteiger partial charge on any atom is -0.262 e. The van der Waals surface area contributed by atoms with E-state index in [1.165, 1.54) is 5.39 Å². The Morgan fingerprint density at radius 3 is 2.39 bits per heavy atom. The molecule has 1 unspecified atom stereocenters. The molecule has 3 rings (SSSR count). The number of benzene rings is 2. The first-order chi connectivity index (χ1) is 8.61. The van der Waals surface area contributed by atoms with Crippen LogP contribution in [0.5, 0.6) is 0 Å². The Balaban J connectivity index is 2.39. The van der Waals surface area contributed by atoms with Crippen molar-refractivity contribution in [1.82, 2.24) is 0 Å². The van der Waals surface area contributed by atoms with E-state index in [1.54, 1.807) is 0 Å². The third-order valence-electron chi connectivity index (χ3n) is 3.48. The number of rotatable bonds is 1. The monoisotopic (exact) mass is 256 g/mol. The van der Waals surface area contributed by atoms with E-state index in [-0.39, 0.29) is 5.25 Å². The SMILES string of the molecule is CC(C)S1(=O)=CC=Cc2cc3ccccc3cc21. The number of hydrogen-bond acceptors (Lipinski definition) is 1. The summed E-state index contributed by atoms with van der Waals surface area (Å²) < 4.78 is 13.1. The molecule has 2 aromatic carbocycles. The predicted octanol–water partition coefficient (Wildman–Crippen LogP) is 3.72. The van der Waals surface area contributed by atoms with Gasteiger partial charge < -0.3 is 0 Å². The average molecular weight is 256 g/mol. The molecule has 0 spiro atoms. The lowest BCUT2D eigenvalue weighted by Crippen LogP contribution is -2.19. The van der Waals surface area contributed by atoms with E-state index < -0.39 is 9.52 Å². The summed E-state index contributed by atoms with van der Waals surface area (Å²) in [5, 5.41) is 4.36. The first-order valence-corrected chi connectivity index (χ1v) is 7.87. The fourth-order valence-electron chi connectivity index (χ4n) is 2.39. The lowest BCUT2D eigenvalue weighted by molar-refractivity contribution is 0.674. The molecule has 0 N–H and O–H groups in total. The summed E-state index contributed by atoms with van der Waals surface area (Å²) in [6, 6.07) is 12.5. The maximum Gasteiger partial charge on any atom is 0.0392 e. The van der Waals surface area contributed by atoms with Gasteiger partial charge in [0.1, 0.15) is 0 Å².